The quantitative estimate of drug-likeness (QED) is 0.614. The lowest BCUT2D eigenvalue weighted by Crippen LogP contribution is -2.31. The average Bonchev–Trinajstić information content (AvgIpc) is 2.32. The monoisotopic (exact) mass is 249 g/mol. The largest absolute Gasteiger partial charge is 0.383 e. The summed E-state index contributed by atoms with van der Waals surface area (Å²) in [6.07, 6.45) is 0.427. The first-order chi connectivity index (χ1) is 8.26. The van der Waals surface area contributed by atoms with Crippen LogP contribution in [0.1, 0.15) is 5.56 Å². The van der Waals surface area contributed by atoms with E-state index >= 15 is 0 Å². The highest BCUT2D eigenvalue weighted by molar-refractivity contribution is 7.80. The van der Waals surface area contributed by atoms with Crippen molar-refractivity contribution in [2.75, 3.05) is 25.6 Å². The third kappa shape index (κ3) is 5.29. The van der Waals surface area contributed by atoms with E-state index in [1.165, 1.54) is 0 Å². The minimum atomic E-state index is 0.427. The molecule has 0 radical (unpaired) electrons. The molecule has 0 saturated heterocycles. The summed E-state index contributed by atoms with van der Waals surface area (Å²) in [4.78, 5) is 0. The molecule has 0 aliphatic rings. The summed E-state index contributed by atoms with van der Waals surface area (Å²) in [5.41, 5.74) is 1.90. The number of nitriles is 1. The highest BCUT2D eigenvalue weighted by Gasteiger charge is 1.97. The van der Waals surface area contributed by atoms with Crippen LogP contribution < -0.4 is 10.6 Å². The summed E-state index contributed by atoms with van der Waals surface area (Å²) >= 11 is 5.10. The number of rotatable bonds is 5. The van der Waals surface area contributed by atoms with Crippen LogP contribution in [0.5, 0.6) is 0 Å². The molecule has 1 aromatic rings. The minimum absolute atomic E-state index is 0.427. The van der Waals surface area contributed by atoms with E-state index in [2.05, 4.69) is 16.7 Å². The molecule has 1 aromatic carbocycles. The number of benzene rings is 1. The number of nitrogens with zero attached hydrogens (tertiary/aromatic N) is 1. The van der Waals surface area contributed by atoms with E-state index in [0.717, 1.165) is 11.3 Å². The Morgan fingerprint density at radius 2 is 2.12 bits per heavy atom. The van der Waals surface area contributed by atoms with Crippen LogP contribution in [0.25, 0.3) is 0 Å². The Morgan fingerprint density at radius 1 is 1.41 bits per heavy atom. The van der Waals surface area contributed by atoms with Gasteiger partial charge in [0.1, 0.15) is 0 Å². The number of methoxy groups -OCH3 is 1. The normalized spacial score (nSPS) is 9.41. The lowest BCUT2D eigenvalue weighted by Gasteiger charge is -2.10. The Bertz CT molecular complexity index is 397. The molecule has 0 heterocycles. The first-order valence-electron chi connectivity index (χ1n) is 5.26. The molecule has 17 heavy (non-hydrogen) atoms. The first kappa shape index (κ1) is 13.4. The van der Waals surface area contributed by atoms with Gasteiger partial charge in [0.25, 0.3) is 0 Å². The molecule has 0 aromatic heterocycles. The molecule has 0 aliphatic heterocycles. The Hall–Kier alpha value is -1.64. The van der Waals surface area contributed by atoms with E-state index in [1.54, 1.807) is 7.11 Å². The van der Waals surface area contributed by atoms with Gasteiger partial charge >= 0.3 is 0 Å². The molecule has 0 atom stereocenters. The summed E-state index contributed by atoms with van der Waals surface area (Å²) in [5.74, 6) is 0. The molecule has 0 unspecified atom stereocenters. The van der Waals surface area contributed by atoms with Gasteiger partial charge in [0.05, 0.1) is 19.1 Å². The Labute approximate surface area is 107 Å². The van der Waals surface area contributed by atoms with Gasteiger partial charge in [-0.2, -0.15) is 5.26 Å². The fourth-order valence-corrected chi connectivity index (χ4v) is 1.46. The summed E-state index contributed by atoms with van der Waals surface area (Å²) in [7, 11) is 1.64. The van der Waals surface area contributed by atoms with Gasteiger partial charge in [0.15, 0.2) is 5.11 Å². The topological polar surface area (TPSA) is 57.1 Å². The minimum Gasteiger partial charge on any atom is -0.383 e. The van der Waals surface area contributed by atoms with Crippen LogP contribution in [0.3, 0.4) is 0 Å². The van der Waals surface area contributed by atoms with E-state index in [-0.39, 0.29) is 0 Å². The molecule has 1 rings (SSSR count). The molecule has 0 bridgehead atoms. The van der Waals surface area contributed by atoms with Crippen molar-refractivity contribution >= 4 is 23.0 Å². The molecular formula is C12H15N3OS. The van der Waals surface area contributed by atoms with E-state index in [4.69, 9.17) is 22.2 Å². The van der Waals surface area contributed by atoms with Crippen LogP contribution in [0.4, 0.5) is 5.69 Å². The maximum absolute atomic E-state index is 8.55. The third-order valence-corrected chi connectivity index (χ3v) is 2.33. The predicted molar refractivity (Wildman–Crippen MR) is 71.9 cm³/mol. The summed E-state index contributed by atoms with van der Waals surface area (Å²) in [6.45, 7) is 1.29. The molecule has 4 nitrogen and oxygen atoms in total. The number of anilines is 1. The number of thiocarbonyl (C=S) groups is 1. The molecule has 5 heteroatoms. The van der Waals surface area contributed by atoms with Crippen molar-refractivity contribution in [2.24, 2.45) is 0 Å². The molecule has 0 saturated carbocycles. The zero-order valence-corrected chi connectivity index (χ0v) is 10.5. The summed E-state index contributed by atoms with van der Waals surface area (Å²) in [6, 6.07) is 9.72. The standard InChI is InChI=1S/C12H15N3OS/c1-16-9-8-14-12(17)15-11-4-2-10(3-5-11)6-7-13/h2-5H,6,8-9H2,1H3,(H2,14,15,17). The predicted octanol–water partition coefficient (Wildman–Crippen LogP) is 1.69. The van der Waals surface area contributed by atoms with Crippen molar-refractivity contribution in [3.05, 3.63) is 29.8 Å². The van der Waals surface area contributed by atoms with Gasteiger partial charge in [-0.15, -0.1) is 0 Å². The third-order valence-electron chi connectivity index (χ3n) is 2.09. The fourth-order valence-electron chi connectivity index (χ4n) is 1.24. The first-order valence-corrected chi connectivity index (χ1v) is 5.66. The maximum Gasteiger partial charge on any atom is 0.170 e. The highest BCUT2D eigenvalue weighted by Crippen LogP contribution is 2.09. The summed E-state index contributed by atoms with van der Waals surface area (Å²) in [5, 5.41) is 15.2. The second kappa shape index (κ2) is 7.60. The van der Waals surface area contributed by atoms with Gasteiger partial charge in [-0.3, -0.25) is 0 Å². The van der Waals surface area contributed by atoms with Gasteiger partial charge in [-0.05, 0) is 29.9 Å². The van der Waals surface area contributed by atoms with Crippen LogP contribution in [0.15, 0.2) is 24.3 Å². The van der Waals surface area contributed by atoms with Crippen LogP contribution in [0.2, 0.25) is 0 Å². The van der Waals surface area contributed by atoms with Crippen molar-refractivity contribution in [3.8, 4) is 6.07 Å². The molecular weight excluding hydrogens is 234 g/mol. The Kier molecular flexibility index (Phi) is 6.00. The van der Waals surface area contributed by atoms with Crippen molar-refractivity contribution < 1.29 is 4.74 Å². The van der Waals surface area contributed by atoms with Gasteiger partial charge in [0.2, 0.25) is 0 Å². The molecule has 0 fully saturated rings. The number of hydrogen-bond donors (Lipinski definition) is 2. The average molecular weight is 249 g/mol. The van der Waals surface area contributed by atoms with Crippen molar-refractivity contribution in [1.82, 2.24) is 5.32 Å². The van der Waals surface area contributed by atoms with E-state index in [9.17, 15) is 0 Å². The Morgan fingerprint density at radius 3 is 2.71 bits per heavy atom. The number of hydrogen-bond acceptors (Lipinski definition) is 3. The molecule has 0 aliphatic carbocycles. The van der Waals surface area contributed by atoms with Crippen LogP contribution in [-0.4, -0.2) is 25.4 Å². The molecule has 0 amide bonds. The van der Waals surface area contributed by atoms with E-state index in [0.29, 0.717) is 24.7 Å². The lowest BCUT2D eigenvalue weighted by atomic mass is 10.1. The van der Waals surface area contributed by atoms with Gasteiger partial charge in [0, 0.05) is 19.3 Å². The van der Waals surface area contributed by atoms with Crippen LogP contribution >= 0.6 is 12.2 Å². The van der Waals surface area contributed by atoms with Crippen molar-refractivity contribution in [2.45, 2.75) is 6.42 Å². The highest BCUT2D eigenvalue weighted by atomic mass is 32.1. The van der Waals surface area contributed by atoms with Crippen molar-refractivity contribution in [3.63, 3.8) is 0 Å². The zero-order chi connectivity index (χ0) is 12.5. The smallest absolute Gasteiger partial charge is 0.170 e. The molecule has 90 valence electrons. The van der Waals surface area contributed by atoms with Gasteiger partial charge < -0.3 is 15.4 Å². The van der Waals surface area contributed by atoms with Crippen LogP contribution in [-0.2, 0) is 11.2 Å². The van der Waals surface area contributed by atoms with Crippen LogP contribution in [0, 0.1) is 11.3 Å². The maximum atomic E-state index is 8.55. The second-order valence-electron chi connectivity index (χ2n) is 3.41. The zero-order valence-electron chi connectivity index (χ0n) is 9.69. The molecule has 2 N–H and O–H groups in total. The van der Waals surface area contributed by atoms with Crippen molar-refractivity contribution in [1.29, 1.82) is 5.26 Å². The number of ether oxygens (including phenoxy) is 1. The van der Waals surface area contributed by atoms with E-state index < -0.39 is 0 Å². The SMILES string of the molecule is COCCNC(=S)Nc1ccc(CC#N)cc1. The van der Waals surface area contributed by atoms with Gasteiger partial charge in [-0.1, -0.05) is 12.1 Å². The second-order valence-corrected chi connectivity index (χ2v) is 3.81. The Balaban J connectivity index is 2.41. The fraction of sp³-hybridized carbons (Fsp3) is 0.333. The summed E-state index contributed by atoms with van der Waals surface area (Å²) < 4.78 is 4.90. The van der Waals surface area contributed by atoms with Gasteiger partial charge in [-0.25, -0.2) is 0 Å². The molecule has 0 spiro atoms. The lowest BCUT2D eigenvalue weighted by molar-refractivity contribution is 0.204. The van der Waals surface area contributed by atoms with E-state index in [1.807, 2.05) is 24.3 Å². The number of nitrogens with one attached hydrogen (secondary N) is 2.